The van der Waals surface area contributed by atoms with Gasteiger partial charge in [-0.05, 0) is 37.8 Å². The van der Waals surface area contributed by atoms with Gasteiger partial charge in [0.05, 0.1) is 23.0 Å². The van der Waals surface area contributed by atoms with Crippen LogP contribution in [0.15, 0.2) is 23.0 Å². The Morgan fingerprint density at radius 1 is 1.38 bits per heavy atom. The molecule has 0 amide bonds. The largest absolute Gasteiger partial charge is 0.305 e. The minimum absolute atomic E-state index is 0.00818. The first-order valence-corrected chi connectivity index (χ1v) is 9.30. The van der Waals surface area contributed by atoms with Crippen molar-refractivity contribution < 1.29 is 9.59 Å². The summed E-state index contributed by atoms with van der Waals surface area (Å²) in [5.74, 6) is 0.386. The number of unbranched alkanes of at least 4 members (excludes halogenated alkanes) is 1. The van der Waals surface area contributed by atoms with E-state index < -0.39 is 11.8 Å². The second-order valence-electron chi connectivity index (χ2n) is 6.99. The van der Waals surface area contributed by atoms with E-state index in [4.69, 9.17) is 4.98 Å². The number of nitrogens with zero attached hydrogens (tertiary/aromatic N) is 2. The van der Waals surface area contributed by atoms with Crippen molar-refractivity contribution in [1.29, 1.82) is 0 Å². The highest BCUT2D eigenvalue weighted by Crippen LogP contribution is 2.23. The molecule has 1 aromatic heterocycles. The minimum Gasteiger partial charge on any atom is -0.305 e. The van der Waals surface area contributed by atoms with Gasteiger partial charge in [-0.15, -0.1) is 0 Å². The van der Waals surface area contributed by atoms with E-state index in [-0.39, 0.29) is 11.6 Å². The first-order valence-electron chi connectivity index (χ1n) is 9.30. The van der Waals surface area contributed by atoms with E-state index in [1.54, 1.807) is 0 Å². The number of aromatic nitrogens is 2. The molecule has 3 rings (SSSR count). The van der Waals surface area contributed by atoms with Crippen molar-refractivity contribution in [3.63, 3.8) is 0 Å². The van der Waals surface area contributed by atoms with E-state index in [9.17, 15) is 14.4 Å². The third-order valence-electron chi connectivity index (χ3n) is 5.18. The molecule has 1 fully saturated rings. The lowest BCUT2D eigenvalue weighted by molar-refractivity contribution is -0.131. The lowest BCUT2D eigenvalue weighted by Gasteiger charge is -2.31. The highest BCUT2D eigenvalue weighted by atomic mass is 16.2. The Morgan fingerprint density at radius 2 is 2.19 bits per heavy atom. The summed E-state index contributed by atoms with van der Waals surface area (Å²) >= 11 is 0. The number of nitrogens with one attached hydrogen (secondary N) is 1. The van der Waals surface area contributed by atoms with Gasteiger partial charge in [-0.2, -0.15) is 0 Å². The first-order chi connectivity index (χ1) is 12.6. The number of fused-ring (bicyclic) bond motifs is 1. The van der Waals surface area contributed by atoms with E-state index >= 15 is 0 Å². The average Bonchev–Trinajstić information content (AvgIpc) is 2.66. The van der Waals surface area contributed by atoms with E-state index in [1.165, 1.54) is 0 Å². The third-order valence-corrected chi connectivity index (χ3v) is 5.18. The molecule has 1 saturated heterocycles. The average molecular weight is 355 g/mol. The fourth-order valence-corrected chi connectivity index (χ4v) is 3.73. The van der Waals surface area contributed by atoms with Crippen molar-refractivity contribution in [2.24, 2.45) is 0 Å². The van der Waals surface area contributed by atoms with Gasteiger partial charge in [0.2, 0.25) is 5.78 Å². The molecule has 1 aliphatic heterocycles. The number of carbonyl (C=O) groups is 2. The Labute approximate surface area is 152 Å². The lowest BCUT2D eigenvalue weighted by Crippen LogP contribution is -2.47. The number of Topliss-reactive ketones (excluding diaryl/α,β-unsaturated/α-hetero) is 1. The van der Waals surface area contributed by atoms with Crippen LogP contribution < -0.4 is 10.9 Å². The zero-order chi connectivity index (χ0) is 18.7. The van der Waals surface area contributed by atoms with Gasteiger partial charge in [0.15, 0.2) is 6.29 Å². The molecule has 0 bridgehead atoms. The van der Waals surface area contributed by atoms with Gasteiger partial charge < -0.3 is 5.32 Å². The van der Waals surface area contributed by atoms with Crippen molar-refractivity contribution >= 4 is 23.0 Å². The number of hydrogen-bond acceptors (Lipinski definition) is 5. The van der Waals surface area contributed by atoms with E-state index in [2.05, 4.69) is 12.2 Å². The molecule has 0 radical (unpaired) electrons. The van der Waals surface area contributed by atoms with Gasteiger partial charge in [0.1, 0.15) is 5.82 Å². The predicted octanol–water partition coefficient (Wildman–Crippen LogP) is 2.11. The Kier molecular flexibility index (Phi) is 5.61. The van der Waals surface area contributed by atoms with E-state index in [0.717, 1.165) is 36.2 Å². The van der Waals surface area contributed by atoms with E-state index in [0.29, 0.717) is 31.1 Å². The van der Waals surface area contributed by atoms with Crippen LogP contribution in [-0.2, 0) is 16.0 Å². The van der Waals surface area contributed by atoms with Crippen LogP contribution >= 0.6 is 0 Å². The van der Waals surface area contributed by atoms with Gasteiger partial charge in [0, 0.05) is 13.0 Å². The molecule has 2 unspecified atom stereocenters. The van der Waals surface area contributed by atoms with Gasteiger partial charge in [-0.3, -0.25) is 19.0 Å². The summed E-state index contributed by atoms with van der Waals surface area (Å²) in [6.45, 7) is 4.53. The Bertz CT molecular complexity index is 880. The normalized spacial score (nSPS) is 20.2. The number of aryl methyl sites for hydroxylation is 2. The van der Waals surface area contributed by atoms with Gasteiger partial charge >= 0.3 is 0 Å². The number of carbonyl (C=O) groups excluding carboxylic acids is 2. The zero-order valence-corrected chi connectivity index (χ0v) is 15.3. The molecular weight excluding hydrogens is 330 g/mol. The molecule has 2 atom stereocenters. The van der Waals surface area contributed by atoms with Gasteiger partial charge in [-0.1, -0.05) is 25.5 Å². The predicted molar refractivity (Wildman–Crippen MR) is 100 cm³/mol. The second kappa shape index (κ2) is 7.91. The summed E-state index contributed by atoms with van der Waals surface area (Å²) in [5, 5.41) is 3.79. The zero-order valence-electron chi connectivity index (χ0n) is 15.3. The first kappa shape index (κ1) is 18.5. The molecule has 1 aromatic carbocycles. The topological polar surface area (TPSA) is 81.1 Å². The Morgan fingerprint density at radius 3 is 2.85 bits per heavy atom. The molecule has 138 valence electrons. The summed E-state index contributed by atoms with van der Waals surface area (Å²) in [6.07, 6.45) is 4.35. The van der Waals surface area contributed by atoms with Crippen molar-refractivity contribution in [3.05, 3.63) is 39.9 Å². The standard InChI is InChI=1S/C20H25N3O3/c1-3-4-8-18-22-16-7-5-6-13(2)19(16)20(26)23(18)14-9-10-15(21-11-14)17(25)12-24/h5-7,12,14-15,21H,3-4,8-11H2,1-2H3. The fourth-order valence-electron chi connectivity index (χ4n) is 3.73. The van der Waals surface area contributed by atoms with Gasteiger partial charge in [0.25, 0.3) is 5.56 Å². The van der Waals surface area contributed by atoms with Crippen LogP contribution in [0.4, 0.5) is 0 Å². The van der Waals surface area contributed by atoms with Crippen molar-refractivity contribution in [3.8, 4) is 0 Å². The molecule has 6 nitrogen and oxygen atoms in total. The molecule has 6 heteroatoms. The number of aldehydes is 1. The van der Waals surface area contributed by atoms with Crippen LogP contribution in [0.2, 0.25) is 0 Å². The van der Waals surface area contributed by atoms with Crippen LogP contribution in [0.1, 0.15) is 50.0 Å². The number of benzene rings is 1. The maximum Gasteiger partial charge on any atom is 0.261 e. The molecule has 0 aliphatic carbocycles. The number of hydrogen-bond donors (Lipinski definition) is 1. The highest BCUT2D eigenvalue weighted by molar-refractivity contribution is 6.27. The minimum atomic E-state index is -0.436. The summed E-state index contributed by atoms with van der Waals surface area (Å²) in [7, 11) is 0. The van der Waals surface area contributed by atoms with E-state index in [1.807, 2.05) is 29.7 Å². The Balaban J connectivity index is 2.02. The maximum absolute atomic E-state index is 13.3. The summed E-state index contributed by atoms with van der Waals surface area (Å²) < 4.78 is 1.82. The fraction of sp³-hybridized carbons (Fsp3) is 0.500. The molecule has 2 aromatic rings. The van der Waals surface area contributed by atoms with Crippen LogP contribution in [0.5, 0.6) is 0 Å². The monoisotopic (exact) mass is 355 g/mol. The van der Waals surface area contributed by atoms with Crippen molar-refractivity contribution in [2.75, 3.05) is 6.54 Å². The molecule has 0 saturated carbocycles. The van der Waals surface area contributed by atoms with Crippen LogP contribution in [-0.4, -0.2) is 34.2 Å². The molecule has 26 heavy (non-hydrogen) atoms. The summed E-state index contributed by atoms with van der Waals surface area (Å²) in [6, 6.07) is 5.26. The SMILES string of the molecule is CCCCc1nc2cccc(C)c2c(=O)n1C1CCC(C(=O)C=O)NC1. The third kappa shape index (κ3) is 3.46. The number of piperidine rings is 1. The summed E-state index contributed by atoms with van der Waals surface area (Å²) in [4.78, 5) is 40.4. The smallest absolute Gasteiger partial charge is 0.261 e. The highest BCUT2D eigenvalue weighted by Gasteiger charge is 2.28. The van der Waals surface area contributed by atoms with Gasteiger partial charge in [-0.25, -0.2) is 4.98 Å². The van der Waals surface area contributed by atoms with Crippen molar-refractivity contribution in [1.82, 2.24) is 14.9 Å². The molecule has 0 spiro atoms. The van der Waals surface area contributed by atoms with Crippen LogP contribution in [0, 0.1) is 6.92 Å². The lowest BCUT2D eigenvalue weighted by atomic mass is 9.97. The molecule has 1 aliphatic rings. The summed E-state index contributed by atoms with van der Waals surface area (Å²) in [5.41, 5.74) is 1.66. The maximum atomic E-state index is 13.3. The van der Waals surface area contributed by atoms with Crippen LogP contribution in [0.25, 0.3) is 10.9 Å². The quantitative estimate of drug-likeness (QED) is 0.634. The van der Waals surface area contributed by atoms with Crippen LogP contribution in [0.3, 0.4) is 0 Å². The van der Waals surface area contributed by atoms with Crippen molar-refractivity contribution in [2.45, 2.75) is 58.0 Å². The Hall–Kier alpha value is -2.34. The number of ketones is 1. The molecule has 2 heterocycles. The number of rotatable bonds is 6. The molecule has 1 N–H and O–H groups in total. The molecular formula is C20H25N3O3. The second-order valence-corrected chi connectivity index (χ2v) is 6.99.